The molecule has 1 heterocycles. The van der Waals surface area contributed by atoms with Crippen LogP contribution in [0.2, 0.25) is 0 Å². The molecule has 0 radical (unpaired) electrons. The maximum Gasteiger partial charge on any atom is 0.269 e. The van der Waals surface area contributed by atoms with Crippen molar-refractivity contribution >= 4 is 17.2 Å². The normalized spacial score (nSPS) is 26.0. The lowest BCUT2D eigenvalue weighted by atomic mass is 9.84. The lowest BCUT2D eigenvalue weighted by Crippen LogP contribution is -2.28. The number of hydrogen-bond acceptors (Lipinski definition) is 4. The third kappa shape index (κ3) is 1.50. The fourth-order valence-corrected chi connectivity index (χ4v) is 2.96. The number of rotatable bonds is 1. The first-order valence-electron chi connectivity index (χ1n) is 5.79. The quantitative estimate of drug-likeness (QED) is 0.595. The molecule has 1 aliphatic carbocycles. The lowest BCUT2D eigenvalue weighted by molar-refractivity contribution is -0.384. The molecule has 0 bridgehead atoms. The average molecular weight is 231 g/mol. The van der Waals surface area contributed by atoms with E-state index in [2.05, 4.69) is 4.99 Å². The van der Waals surface area contributed by atoms with Crippen molar-refractivity contribution in [1.82, 2.24) is 0 Å². The van der Waals surface area contributed by atoms with E-state index in [1.165, 1.54) is 6.07 Å². The second-order valence-electron chi connectivity index (χ2n) is 4.68. The van der Waals surface area contributed by atoms with Gasteiger partial charge in [0, 0.05) is 18.1 Å². The number of nitro benzene ring substituents is 1. The van der Waals surface area contributed by atoms with Gasteiger partial charge in [-0.3, -0.25) is 10.1 Å². The monoisotopic (exact) mass is 231 g/mol. The molecule has 0 amide bonds. The predicted molar refractivity (Wildman–Crippen MR) is 64.5 cm³/mol. The molecule has 0 saturated heterocycles. The van der Waals surface area contributed by atoms with Gasteiger partial charge < -0.3 is 5.73 Å². The number of fused-ring (bicyclic) bond motifs is 3. The molecule has 88 valence electrons. The first-order chi connectivity index (χ1) is 8.16. The molecule has 17 heavy (non-hydrogen) atoms. The maximum atomic E-state index is 10.8. The second-order valence-corrected chi connectivity index (χ2v) is 4.68. The smallest absolute Gasteiger partial charge is 0.269 e. The van der Waals surface area contributed by atoms with Gasteiger partial charge in [-0.05, 0) is 30.4 Å². The van der Waals surface area contributed by atoms with Gasteiger partial charge in [-0.2, -0.15) is 0 Å². The van der Waals surface area contributed by atoms with Gasteiger partial charge in [0.1, 0.15) is 5.84 Å². The van der Waals surface area contributed by atoms with Gasteiger partial charge in [-0.1, -0.05) is 6.42 Å². The van der Waals surface area contributed by atoms with Crippen molar-refractivity contribution in [3.8, 4) is 0 Å². The average Bonchev–Trinajstić information content (AvgIpc) is 2.78. The van der Waals surface area contributed by atoms with Crippen LogP contribution < -0.4 is 5.73 Å². The zero-order valence-electron chi connectivity index (χ0n) is 9.30. The second kappa shape index (κ2) is 3.55. The minimum absolute atomic E-state index is 0.144. The van der Waals surface area contributed by atoms with E-state index < -0.39 is 0 Å². The summed E-state index contributed by atoms with van der Waals surface area (Å²) in [5, 5.41) is 10.8. The number of amidine groups is 1. The van der Waals surface area contributed by atoms with E-state index in [9.17, 15) is 10.1 Å². The van der Waals surface area contributed by atoms with Gasteiger partial charge in [0.05, 0.1) is 10.6 Å². The summed E-state index contributed by atoms with van der Waals surface area (Å²) in [5.41, 5.74) is 7.89. The summed E-state index contributed by atoms with van der Waals surface area (Å²) in [6, 6.07) is 4.86. The largest absolute Gasteiger partial charge is 0.387 e. The molecule has 0 spiro atoms. The molecule has 1 aromatic rings. The lowest BCUT2D eigenvalue weighted by Gasteiger charge is -2.25. The zero-order chi connectivity index (χ0) is 12.0. The molecule has 2 N–H and O–H groups in total. The minimum atomic E-state index is -0.355. The minimum Gasteiger partial charge on any atom is -0.387 e. The molecule has 1 fully saturated rings. The fraction of sp³-hybridized carbons (Fsp3) is 0.417. The van der Waals surface area contributed by atoms with Crippen molar-refractivity contribution < 1.29 is 4.92 Å². The zero-order valence-corrected chi connectivity index (χ0v) is 9.30. The standard InChI is InChI=1S/C12H13N3O2/c13-12-9-3-1-2-8(9)10-6-7(15(16)17)4-5-11(10)14-12/h4-6,8-9H,1-3H2,(H2,13,14). The van der Waals surface area contributed by atoms with Crippen LogP contribution in [0.5, 0.6) is 0 Å². The van der Waals surface area contributed by atoms with Crippen molar-refractivity contribution in [1.29, 1.82) is 0 Å². The Balaban J connectivity index is 2.13. The Morgan fingerprint density at radius 3 is 2.88 bits per heavy atom. The van der Waals surface area contributed by atoms with E-state index >= 15 is 0 Å². The molecule has 5 heteroatoms. The Hall–Kier alpha value is -1.91. The number of nitrogens with zero attached hydrogens (tertiary/aromatic N) is 2. The van der Waals surface area contributed by atoms with Crippen LogP contribution in [-0.2, 0) is 0 Å². The summed E-state index contributed by atoms with van der Waals surface area (Å²) in [6.45, 7) is 0. The molecular formula is C12H13N3O2. The summed E-state index contributed by atoms with van der Waals surface area (Å²) in [7, 11) is 0. The number of non-ortho nitro benzene ring substituents is 1. The van der Waals surface area contributed by atoms with E-state index in [-0.39, 0.29) is 16.5 Å². The van der Waals surface area contributed by atoms with Crippen LogP contribution in [0, 0.1) is 16.0 Å². The predicted octanol–water partition coefficient (Wildman–Crippen LogP) is 2.48. The molecule has 3 rings (SSSR count). The van der Waals surface area contributed by atoms with Crippen molar-refractivity contribution in [3.63, 3.8) is 0 Å². The van der Waals surface area contributed by atoms with Gasteiger partial charge in [-0.25, -0.2) is 4.99 Å². The van der Waals surface area contributed by atoms with Gasteiger partial charge in [0.2, 0.25) is 0 Å². The first-order valence-corrected chi connectivity index (χ1v) is 5.79. The van der Waals surface area contributed by atoms with Gasteiger partial charge in [0.25, 0.3) is 5.69 Å². The topological polar surface area (TPSA) is 81.5 Å². The van der Waals surface area contributed by atoms with Crippen molar-refractivity contribution in [2.45, 2.75) is 25.2 Å². The Morgan fingerprint density at radius 1 is 1.35 bits per heavy atom. The molecule has 2 aliphatic rings. The van der Waals surface area contributed by atoms with Crippen molar-refractivity contribution in [3.05, 3.63) is 33.9 Å². The van der Waals surface area contributed by atoms with Crippen molar-refractivity contribution in [2.24, 2.45) is 16.6 Å². The Kier molecular flexibility index (Phi) is 2.14. The van der Waals surface area contributed by atoms with Crippen LogP contribution in [0.15, 0.2) is 23.2 Å². The van der Waals surface area contributed by atoms with Crippen LogP contribution in [0.4, 0.5) is 11.4 Å². The van der Waals surface area contributed by atoms with Gasteiger partial charge in [-0.15, -0.1) is 0 Å². The Morgan fingerprint density at radius 2 is 2.12 bits per heavy atom. The van der Waals surface area contributed by atoms with Crippen LogP contribution >= 0.6 is 0 Å². The maximum absolute atomic E-state index is 10.8. The molecule has 0 aromatic heterocycles. The summed E-state index contributed by atoms with van der Waals surface area (Å²) in [6.07, 6.45) is 3.21. The Labute approximate surface area is 98.5 Å². The van der Waals surface area contributed by atoms with E-state index in [0.29, 0.717) is 11.8 Å². The third-order valence-electron chi connectivity index (χ3n) is 3.77. The van der Waals surface area contributed by atoms with Gasteiger partial charge >= 0.3 is 0 Å². The number of nitrogens with two attached hydrogens (primary N) is 1. The molecule has 1 aromatic carbocycles. The third-order valence-corrected chi connectivity index (χ3v) is 3.77. The number of aliphatic imine (C=N–C) groups is 1. The first kappa shape index (κ1) is 10.3. The van der Waals surface area contributed by atoms with E-state index in [4.69, 9.17) is 5.73 Å². The van der Waals surface area contributed by atoms with E-state index in [0.717, 1.165) is 30.5 Å². The summed E-state index contributed by atoms with van der Waals surface area (Å²) in [4.78, 5) is 14.8. The highest BCUT2D eigenvalue weighted by molar-refractivity contribution is 5.89. The summed E-state index contributed by atoms with van der Waals surface area (Å²) < 4.78 is 0. The van der Waals surface area contributed by atoms with Crippen LogP contribution in [0.3, 0.4) is 0 Å². The van der Waals surface area contributed by atoms with Gasteiger partial charge in [0.15, 0.2) is 0 Å². The highest BCUT2D eigenvalue weighted by Crippen LogP contribution is 2.47. The van der Waals surface area contributed by atoms with Crippen LogP contribution in [0.25, 0.3) is 0 Å². The molecule has 2 atom stereocenters. The number of nitro groups is 1. The van der Waals surface area contributed by atoms with E-state index in [1.54, 1.807) is 12.1 Å². The number of hydrogen-bond donors (Lipinski definition) is 1. The van der Waals surface area contributed by atoms with E-state index in [1.807, 2.05) is 0 Å². The van der Waals surface area contributed by atoms with Crippen LogP contribution in [-0.4, -0.2) is 10.8 Å². The summed E-state index contributed by atoms with van der Waals surface area (Å²) in [5.74, 6) is 1.29. The molecule has 5 nitrogen and oxygen atoms in total. The fourth-order valence-electron chi connectivity index (χ4n) is 2.96. The SMILES string of the molecule is NC1=Nc2ccc([N+](=O)[O-])cc2C2CCCC12. The molecule has 2 unspecified atom stereocenters. The number of benzene rings is 1. The summed E-state index contributed by atoms with van der Waals surface area (Å²) >= 11 is 0. The highest BCUT2D eigenvalue weighted by atomic mass is 16.6. The highest BCUT2D eigenvalue weighted by Gasteiger charge is 2.36. The molecular weight excluding hydrogens is 218 g/mol. The Bertz CT molecular complexity index is 524. The van der Waals surface area contributed by atoms with Crippen molar-refractivity contribution in [2.75, 3.05) is 0 Å². The molecule has 1 aliphatic heterocycles. The van der Waals surface area contributed by atoms with Crippen LogP contribution in [0.1, 0.15) is 30.7 Å². The molecule has 1 saturated carbocycles.